The Morgan fingerprint density at radius 3 is 2.39 bits per heavy atom. The molecule has 0 aromatic carbocycles. The SMILES string of the molecule is CCC(C)C(C(CC(=O)N1CCCC1C(OC)C(C)C(=O)NCc1nccs1)OC)N(C)C(=O)CNC(=O)C(C)(C)NC(=O)CCOCCOCCC=O. The molecule has 2 heterocycles. The minimum atomic E-state index is -1.31. The first-order valence-electron chi connectivity index (χ1n) is 18.7. The van der Waals surface area contributed by atoms with Gasteiger partial charge in [0.15, 0.2) is 0 Å². The number of carbonyl (C=O) groups is 6. The molecule has 0 radical (unpaired) electrons. The molecule has 2 rings (SSSR count). The van der Waals surface area contributed by atoms with Crippen LogP contribution in [0.3, 0.4) is 0 Å². The Morgan fingerprint density at radius 1 is 1.07 bits per heavy atom. The molecule has 1 fully saturated rings. The first-order valence-corrected chi connectivity index (χ1v) is 19.5. The van der Waals surface area contributed by atoms with Crippen molar-refractivity contribution in [2.45, 2.75) is 110 Å². The van der Waals surface area contributed by atoms with Crippen LogP contribution >= 0.6 is 11.3 Å². The van der Waals surface area contributed by atoms with Crippen molar-refractivity contribution in [1.82, 2.24) is 30.7 Å². The van der Waals surface area contributed by atoms with Crippen molar-refractivity contribution in [2.24, 2.45) is 11.8 Å². The van der Waals surface area contributed by atoms with Gasteiger partial charge in [0.05, 0.1) is 76.1 Å². The fraction of sp³-hybridized carbons (Fsp3) is 0.757. The highest BCUT2D eigenvalue weighted by molar-refractivity contribution is 7.09. The number of amides is 5. The minimum absolute atomic E-state index is 0.00299. The number of likely N-dealkylation sites (N-methyl/N-ethyl adjacent to an activating group) is 1. The van der Waals surface area contributed by atoms with E-state index >= 15 is 0 Å². The van der Waals surface area contributed by atoms with Gasteiger partial charge in [-0.1, -0.05) is 27.2 Å². The molecule has 3 N–H and O–H groups in total. The number of hydrogen-bond acceptors (Lipinski definition) is 12. The second-order valence-corrected chi connectivity index (χ2v) is 15.1. The molecule has 0 spiro atoms. The second-order valence-electron chi connectivity index (χ2n) is 14.1. The predicted molar refractivity (Wildman–Crippen MR) is 202 cm³/mol. The number of likely N-dealkylation sites (tertiary alicyclic amines) is 1. The third-order valence-electron chi connectivity index (χ3n) is 9.85. The molecule has 0 aliphatic carbocycles. The maximum atomic E-state index is 14.0. The number of methoxy groups -OCH3 is 2. The number of carbonyl (C=O) groups excluding carboxylic acids is 6. The summed E-state index contributed by atoms with van der Waals surface area (Å²) in [5, 5.41) is 10.9. The van der Waals surface area contributed by atoms with E-state index in [9.17, 15) is 28.8 Å². The minimum Gasteiger partial charge on any atom is -0.379 e. The summed E-state index contributed by atoms with van der Waals surface area (Å²) in [4.78, 5) is 84.0. The van der Waals surface area contributed by atoms with Crippen LogP contribution in [0.15, 0.2) is 11.6 Å². The maximum Gasteiger partial charge on any atom is 0.245 e. The lowest BCUT2D eigenvalue weighted by Crippen LogP contribution is -2.57. The number of nitrogens with zero attached hydrogens (tertiary/aromatic N) is 3. The van der Waals surface area contributed by atoms with E-state index in [0.717, 1.165) is 17.7 Å². The maximum absolute atomic E-state index is 14.0. The zero-order chi connectivity index (χ0) is 40.3. The van der Waals surface area contributed by atoms with E-state index in [1.54, 1.807) is 46.0 Å². The van der Waals surface area contributed by atoms with Crippen LogP contribution in [-0.4, -0.2) is 141 Å². The smallest absolute Gasteiger partial charge is 0.245 e. The van der Waals surface area contributed by atoms with Gasteiger partial charge in [-0.25, -0.2) is 4.98 Å². The van der Waals surface area contributed by atoms with Crippen LogP contribution in [0.4, 0.5) is 0 Å². The molecule has 6 unspecified atom stereocenters. The lowest BCUT2D eigenvalue weighted by Gasteiger charge is -2.39. The quantitative estimate of drug-likeness (QED) is 0.0915. The van der Waals surface area contributed by atoms with Crippen molar-refractivity contribution >= 4 is 47.2 Å². The Labute approximate surface area is 323 Å². The predicted octanol–water partition coefficient (Wildman–Crippen LogP) is 1.70. The summed E-state index contributed by atoms with van der Waals surface area (Å²) in [6.45, 7) is 10.4. The van der Waals surface area contributed by atoms with Crippen LogP contribution in [0.2, 0.25) is 0 Å². The van der Waals surface area contributed by atoms with Gasteiger partial charge in [-0.15, -0.1) is 11.3 Å². The zero-order valence-corrected chi connectivity index (χ0v) is 34.0. The molecule has 1 aromatic heterocycles. The van der Waals surface area contributed by atoms with Gasteiger partial charge < -0.3 is 49.5 Å². The number of nitrogens with one attached hydrogen (secondary N) is 3. The summed E-state index contributed by atoms with van der Waals surface area (Å²) in [6.07, 6.45) is 3.75. The van der Waals surface area contributed by atoms with Crippen LogP contribution in [0.25, 0.3) is 0 Å². The first kappa shape index (κ1) is 46.6. The van der Waals surface area contributed by atoms with E-state index in [2.05, 4.69) is 20.9 Å². The molecule has 17 heteroatoms. The van der Waals surface area contributed by atoms with Crippen LogP contribution in [0, 0.1) is 11.8 Å². The molecular formula is C37H62N6O10S. The zero-order valence-electron chi connectivity index (χ0n) is 33.2. The normalized spacial score (nSPS) is 17.2. The highest BCUT2D eigenvalue weighted by atomic mass is 32.1. The molecule has 1 aliphatic rings. The largest absolute Gasteiger partial charge is 0.379 e. The van der Waals surface area contributed by atoms with Gasteiger partial charge in [0.25, 0.3) is 0 Å². The van der Waals surface area contributed by atoms with E-state index in [1.165, 1.54) is 23.3 Å². The molecule has 6 atom stereocenters. The molecule has 0 saturated carbocycles. The topological polar surface area (TPSA) is 195 Å². The standard InChI is InChI=1S/C37H62N6O10S/c1-9-25(2)33(42(6)32(47)24-40-36(49)37(4,5)41-29(45)13-18-53-20-19-52-17-11-16-44)28(50-7)22-31(46)43-15-10-12-27(43)34(51-8)26(3)35(48)39-23-30-38-14-21-54-30/h14,16,21,25-28,33-34H,9-13,15,17-20,22-24H2,1-8H3,(H,39,48)(H,40,49)(H,41,45). The highest BCUT2D eigenvalue weighted by Gasteiger charge is 2.42. The molecule has 5 amide bonds. The van der Waals surface area contributed by atoms with Crippen molar-refractivity contribution in [3.8, 4) is 0 Å². The second kappa shape index (κ2) is 24.1. The lowest BCUT2D eigenvalue weighted by atomic mass is 9.90. The Kier molecular flexibility index (Phi) is 20.8. The average Bonchev–Trinajstić information content (AvgIpc) is 3.86. The van der Waals surface area contributed by atoms with Gasteiger partial charge in [-0.05, 0) is 32.6 Å². The Morgan fingerprint density at radius 2 is 1.78 bits per heavy atom. The van der Waals surface area contributed by atoms with Gasteiger partial charge in [0.1, 0.15) is 16.8 Å². The lowest BCUT2D eigenvalue weighted by molar-refractivity contribution is -0.146. The van der Waals surface area contributed by atoms with Gasteiger partial charge in [0, 0.05) is 52.2 Å². The van der Waals surface area contributed by atoms with Crippen LogP contribution < -0.4 is 16.0 Å². The van der Waals surface area contributed by atoms with Gasteiger partial charge in [-0.3, -0.25) is 24.0 Å². The fourth-order valence-electron chi connectivity index (χ4n) is 6.58. The number of ether oxygens (including phenoxy) is 4. The Balaban J connectivity index is 1.98. The van der Waals surface area contributed by atoms with Crippen LogP contribution in [0.1, 0.15) is 78.2 Å². The number of aldehydes is 1. The highest BCUT2D eigenvalue weighted by Crippen LogP contribution is 2.29. The van der Waals surface area contributed by atoms with E-state index in [-0.39, 0.29) is 62.3 Å². The summed E-state index contributed by atoms with van der Waals surface area (Å²) in [5.41, 5.74) is -1.31. The molecule has 1 aliphatic heterocycles. The molecule has 16 nitrogen and oxygen atoms in total. The molecular weight excluding hydrogens is 721 g/mol. The van der Waals surface area contributed by atoms with Gasteiger partial charge in [0.2, 0.25) is 29.5 Å². The monoisotopic (exact) mass is 782 g/mol. The summed E-state index contributed by atoms with van der Waals surface area (Å²) in [6, 6.07) is -0.806. The Hall–Kier alpha value is -3.51. The van der Waals surface area contributed by atoms with E-state index in [0.29, 0.717) is 45.6 Å². The fourth-order valence-corrected chi connectivity index (χ4v) is 7.13. The molecule has 0 bridgehead atoms. The number of aromatic nitrogens is 1. The summed E-state index contributed by atoms with van der Waals surface area (Å²) in [7, 11) is 4.70. The number of hydrogen-bond donors (Lipinski definition) is 3. The third-order valence-corrected chi connectivity index (χ3v) is 10.6. The van der Waals surface area contributed by atoms with Crippen molar-refractivity contribution < 1.29 is 47.7 Å². The van der Waals surface area contributed by atoms with Crippen LogP contribution in [-0.2, 0) is 54.3 Å². The van der Waals surface area contributed by atoms with E-state index < -0.39 is 41.5 Å². The van der Waals surface area contributed by atoms with Gasteiger partial charge >= 0.3 is 0 Å². The molecule has 54 heavy (non-hydrogen) atoms. The van der Waals surface area contributed by atoms with Crippen molar-refractivity contribution in [3.05, 3.63) is 16.6 Å². The molecule has 306 valence electrons. The van der Waals surface area contributed by atoms with Crippen LogP contribution in [0.5, 0.6) is 0 Å². The number of rotatable bonds is 26. The summed E-state index contributed by atoms with van der Waals surface area (Å²) >= 11 is 1.46. The first-order chi connectivity index (χ1) is 25.7. The molecule has 1 saturated heterocycles. The van der Waals surface area contributed by atoms with Crippen molar-refractivity contribution in [1.29, 1.82) is 0 Å². The van der Waals surface area contributed by atoms with E-state index in [1.807, 2.05) is 19.2 Å². The average molecular weight is 783 g/mol. The summed E-state index contributed by atoms with van der Waals surface area (Å²) in [5.74, 6) is -2.25. The summed E-state index contributed by atoms with van der Waals surface area (Å²) < 4.78 is 22.3. The van der Waals surface area contributed by atoms with E-state index in [4.69, 9.17) is 18.9 Å². The Bertz CT molecular complexity index is 1330. The third kappa shape index (κ3) is 14.6. The van der Waals surface area contributed by atoms with Crippen molar-refractivity contribution in [2.75, 3.05) is 60.8 Å². The molecule has 1 aromatic rings. The number of thiazole rings is 1. The van der Waals surface area contributed by atoms with Crippen molar-refractivity contribution in [3.63, 3.8) is 0 Å². The van der Waals surface area contributed by atoms with Gasteiger partial charge in [-0.2, -0.15) is 0 Å².